The molecule has 2 aromatic rings. The molecule has 1 N–H and O–H groups in total. The van der Waals surface area contributed by atoms with Crippen LogP contribution >= 0.6 is 0 Å². The van der Waals surface area contributed by atoms with E-state index < -0.39 is 0 Å². The van der Waals surface area contributed by atoms with Crippen molar-refractivity contribution in [2.75, 3.05) is 6.54 Å². The van der Waals surface area contributed by atoms with Crippen LogP contribution < -0.4 is 10.1 Å². The third-order valence-electron chi connectivity index (χ3n) is 4.89. The molecule has 0 bridgehead atoms. The number of hydrogen-bond acceptors (Lipinski definition) is 3. The van der Waals surface area contributed by atoms with Gasteiger partial charge in [-0.3, -0.25) is 9.48 Å². The van der Waals surface area contributed by atoms with Crippen molar-refractivity contribution in [3.8, 4) is 17.0 Å². The van der Waals surface area contributed by atoms with Crippen LogP contribution in [0.15, 0.2) is 42.1 Å². The Morgan fingerprint density at radius 3 is 3.08 bits per heavy atom. The van der Waals surface area contributed by atoms with Gasteiger partial charge >= 0.3 is 0 Å². The number of carbonyl (C=O) groups excluding carboxylic acids is 1. The van der Waals surface area contributed by atoms with E-state index in [2.05, 4.69) is 16.5 Å². The largest absolute Gasteiger partial charge is 0.488 e. The maximum atomic E-state index is 12.3. The van der Waals surface area contributed by atoms with Crippen LogP contribution in [-0.4, -0.2) is 22.2 Å². The van der Waals surface area contributed by atoms with E-state index in [0.717, 1.165) is 29.0 Å². The molecule has 0 atom stereocenters. The Hall–Kier alpha value is -2.56. The van der Waals surface area contributed by atoms with Crippen LogP contribution in [0.25, 0.3) is 11.3 Å². The molecule has 2 aliphatic rings. The summed E-state index contributed by atoms with van der Waals surface area (Å²) in [6.07, 6.45) is 10.0. The topological polar surface area (TPSA) is 56.2 Å². The summed E-state index contributed by atoms with van der Waals surface area (Å²) in [4.78, 5) is 12.3. The molecule has 130 valence electrons. The number of rotatable bonds is 5. The average molecular weight is 337 g/mol. The van der Waals surface area contributed by atoms with Gasteiger partial charge in [-0.2, -0.15) is 5.10 Å². The van der Waals surface area contributed by atoms with Crippen LogP contribution in [0, 0.1) is 0 Å². The molecule has 0 fully saturated rings. The van der Waals surface area contributed by atoms with Gasteiger partial charge in [-0.05, 0) is 44.2 Å². The molecule has 0 spiro atoms. The first-order valence-corrected chi connectivity index (χ1v) is 9.03. The molecule has 1 amide bonds. The maximum Gasteiger partial charge on any atom is 0.241 e. The van der Waals surface area contributed by atoms with Gasteiger partial charge in [0.05, 0.1) is 11.9 Å². The van der Waals surface area contributed by atoms with E-state index in [9.17, 15) is 4.79 Å². The number of nitrogens with zero attached hydrogens (tertiary/aromatic N) is 2. The lowest BCUT2D eigenvalue weighted by molar-refractivity contribution is -0.121. The van der Waals surface area contributed by atoms with Crippen molar-refractivity contribution in [1.29, 1.82) is 0 Å². The molecule has 25 heavy (non-hydrogen) atoms. The smallest absolute Gasteiger partial charge is 0.241 e. The zero-order valence-corrected chi connectivity index (χ0v) is 14.3. The lowest BCUT2D eigenvalue weighted by atomic mass is 9.97. The first-order chi connectivity index (χ1) is 12.3. The van der Waals surface area contributed by atoms with E-state index in [1.54, 1.807) is 10.9 Å². The van der Waals surface area contributed by atoms with E-state index in [1.165, 1.54) is 31.3 Å². The number of amides is 1. The monoisotopic (exact) mass is 337 g/mol. The number of allylic oxidation sites excluding steroid dienone is 1. The van der Waals surface area contributed by atoms with Crippen molar-refractivity contribution in [1.82, 2.24) is 15.1 Å². The molecule has 1 aliphatic carbocycles. The van der Waals surface area contributed by atoms with Crippen LogP contribution in [0.3, 0.4) is 0 Å². The second kappa shape index (κ2) is 7.13. The van der Waals surface area contributed by atoms with E-state index in [-0.39, 0.29) is 12.5 Å². The van der Waals surface area contributed by atoms with E-state index in [4.69, 9.17) is 4.74 Å². The summed E-state index contributed by atoms with van der Waals surface area (Å²) < 4.78 is 7.52. The van der Waals surface area contributed by atoms with E-state index in [1.807, 2.05) is 24.3 Å². The summed E-state index contributed by atoms with van der Waals surface area (Å²) in [5, 5.41) is 7.43. The van der Waals surface area contributed by atoms with Gasteiger partial charge in [-0.15, -0.1) is 0 Å². The van der Waals surface area contributed by atoms with Gasteiger partial charge in [0, 0.05) is 17.7 Å². The second-order valence-corrected chi connectivity index (χ2v) is 6.67. The number of benzene rings is 1. The molecule has 0 radical (unpaired) electrons. The summed E-state index contributed by atoms with van der Waals surface area (Å²) in [6.45, 7) is 1.44. The third kappa shape index (κ3) is 3.45. The van der Waals surface area contributed by atoms with Crippen molar-refractivity contribution >= 4 is 5.91 Å². The van der Waals surface area contributed by atoms with Crippen molar-refractivity contribution < 1.29 is 9.53 Å². The number of hydrogen-bond donors (Lipinski definition) is 1. The molecule has 4 rings (SSSR count). The van der Waals surface area contributed by atoms with Crippen molar-refractivity contribution in [2.24, 2.45) is 0 Å². The van der Waals surface area contributed by atoms with Gasteiger partial charge in [0.25, 0.3) is 0 Å². The van der Waals surface area contributed by atoms with Crippen LogP contribution in [0.5, 0.6) is 5.75 Å². The molecule has 1 aromatic carbocycles. The first-order valence-electron chi connectivity index (χ1n) is 9.03. The summed E-state index contributed by atoms with van der Waals surface area (Å²) in [6, 6.07) is 7.90. The van der Waals surface area contributed by atoms with Gasteiger partial charge in [-0.25, -0.2) is 0 Å². The average Bonchev–Trinajstić information content (AvgIpc) is 3.06. The predicted molar refractivity (Wildman–Crippen MR) is 96.2 cm³/mol. The highest BCUT2D eigenvalue weighted by atomic mass is 16.5. The fraction of sp³-hybridized carbons (Fsp3) is 0.400. The molecule has 0 saturated carbocycles. The lowest BCUT2D eigenvalue weighted by Gasteiger charge is -2.19. The SMILES string of the molecule is O=C(Cn1ncc2c1-c1ccccc1OC2)NCCC1=CCCCC1. The zero-order valence-electron chi connectivity index (χ0n) is 14.3. The molecule has 2 heterocycles. The number of ether oxygens (including phenoxy) is 1. The zero-order chi connectivity index (χ0) is 17.1. The van der Waals surface area contributed by atoms with Crippen LogP contribution in [0.2, 0.25) is 0 Å². The highest BCUT2D eigenvalue weighted by Gasteiger charge is 2.22. The quantitative estimate of drug-likeness (QED) is 0.850. The fourth-order valence-corrected chi connectivity index (χ4v) is 3.59. The minimum atomic E-state index is 0.00582. The first kappa shape index (κ1) is 15.9. The predicted octanol–water partition coefficient (Wildman–Crippen LogP) is 3.45. The second-order valence-electron chi connectivity index (χ2n) is 6.67. The van der Waals surface area contributed by atoms with E-state index >= 15 is 0 Å². The van der Waals surface area contributed by atoms with Crippen molar-refractivity contribution in [3.05, 3.63) is 47.7 Å². The Morgan fingerprint density at radius 2 is 2.20 bits per heavy atom. The summed E-state index contributed by atoms with van der Waals surface area (Å²) in [5.41, 5.74) is 4.50. The van der Waals surface area contributed by atoms with Crippen LogP contribution in [0.1, 0.15) is 37.7 Å². The van der Waals surface area contributed by atoms with Gasteiger partial charge in [0.2, 0.25) is 5.91 Å². The number of carbonyl (C=O) groups is 1. The molecular weight excluding hydrogens is 314 g/mol. The Morgan fingerprint density at radius 1 is 1.28 bits per heavy atom. The highest BCUT2D eigenvalue weighted by molar-refractivity contribution is 5.78. The van der Waals surface area contributed by atoms with Crippen molar-refractivity contribution in [2.45, 2.75) is 45.3 Å². The normalized spacial score (nSPS) is 15.6. The van der Waals surface area contributed by atoms with Crippen molar-refractivity contribution in [3.63, 3.8) is 0 Å². The van der Waals surface area contributed by atoms with E-state index in [0.29, 0.717) is 13.2 Å². The molecule has 5 nitrogen and oxygen atoms in total. The minimum Gasteiger partial charge on any atom is -0.488 e. The Kier molecular flexibility index (Phi) is 4.55. The Balaban J connectivity index is 1.40. The summed E-state index contributed by atoms with van der Waals surface area (Å²) >= 11 is 0. The van der Waals surface area contributed by atoms with Crippen LogP contribution in [-0.2, 0) is 17.9 Å². The summed E-state index contributed by atoms with van der Waals surface area (Å²) in [7, 11) is 0. The lowest BCUT2D eigenvalue weighted by Crippen LogP contribution is -2.29. The van der Waals surface area contributed by atoms with Gasteiger partial charge < -0.3 is 10.1 Å². The maximum absolute atomic E-state index is 12.3. The molecule has 1 aromatic heterocycles. The molecule has 1 aliphatic heterocycles. The van der Waals surface area contributed by atoms with Gasteiger partial charge in [0.1, 0.15) is 18.9 Å². The number of fused-ring (bicyclic) bond motifs is 3. The Bertz CT molecular complexity index is 807. The van der Waals surface area contributed by atoms with Gasteiger partial charge in [-0.1, -0.05) is 23.8 Å². The minimum absolute atomic E-state index is 0.00582. The molecular formula is C20H23N3O2. The number of para-hydroxylation sites is 1. The fourth-order valence-electron chi connectivity index (χ4n) is 3.59. The number of nitrogens with one attached hydrogen (secondary N) is 1. The third-order valence-corrected chi connectivity index (χ3v) is 4.89. The molecule has 5 heteroatoms. The van der Waals surface area contributed by atoms with Gasteiger partial charge in [0.15, 0.2) is 0 Å². The standard InChI is InChI=1S/C20H23N3O2/c24-19(21-11-10-15-6-2-1-3-7-15)13-23-20-16(12-22-23)14-25-18-9-5-4-8-17(18)20/h4-6,8-9,12H,1-3,7,10-11,13-14H2,(H,21,24). The summed E-state index contributed by atoms with van der Waals surface area (Å²) in [5.74, 6) is 0.854. The highest BCUT2D eigenvalue weighted by Crippen LogP contribution is 2.36. The Labute approximate surface area is 147 Å². The number of aromatic nitrogens is 2. The molecule has 0 saturated heterocycles. The van der Waals surface area contributed by atoms with Crippen LogP contribution in [0.4, 0.5) is 0 Å². The molecule has 0 unspecified atom stereocenters.